The Bertz CT molecular complexity index is 157. The Labute approximate surface area is 95.7 Å². The van der Waals surface area contributed by atoms with Gasteiger partial charge in [-0.05, 0) is 6.42 Å². The average Bonchev–Trinajstić information content (AvgIpc) is 2.18. The molecule has 0 aromatic carbocycles. The lowest BCUT2D eigenvalue weighted by Crippen LogP contribution is -2.43. The van der Waals surface area contributed by atoms with Crippen molar-refractivity contribution in [2.45, 2.75) is 36.8 Å². The van der Waals surface area contributed by atoms with Crippen molar-refractivity contribution in [3.63, 3.8) is 0 Å². The standard InChI is InChI=1S/C10H21NOS2/c1-3-4-12-7-9(11)10-8(2)13-5-6-14-10/h8-10H,3-7,11H2,1-2H3. The van der Waals surface area contributed by atoms with Gasteiger partial charge in [-0.15, -0.1) is 0 Å². The minimum Gasteiger partial charge on any atom is -0.380 e. The van der Waals surface area contributed by atoms with Crippen LogP contribution in [-0.4, -0.2) is 41.3 Å². The maximum absolute atomic E-state index is 6.12. The van der Waals surface area contributed by atoms with E-state index in [1.165, 1.54) is 11.5 Å². The number of rotatable bonds is 5. The fourth-order valence-corrected chi connectivity index (χ4v) is 4.45. The van der Waals surface area contributed by atoms with Crippen molar-refractivity contribution < 1.29 is 4.74 Å². The first-order chi connectivity index (χ1) is 6.75. The Kier molecular flexibility index (Phi) is 6.33. The van der Waals surface area contributed by atoms with Gasteiger partial charge in [-0.3, -0.25) is 0 Å². The summed E-state index contributed by atoms with van der Waals surface area (Å²) in [5.41, 5.74) is 6.12. The van der Waals surface area contributed by atoms with Crippen LogP contribution in [0.1, 0.15) is 20.3 Å². The van der Waals surface area contributed by atoms with Crippen molar-refractivity contribution in [2.75, 3.05) is 24.7 Å². The van der Waals surface area contributed by atoms with Crippen LogP contribution in [0.2, 0.25) is 0 Å². The molecule has 3 atom stereocenters. The van der Waals surface area contributed by atoms with E-state index < -0.39 is 0 Å². The molecular weight excluding hydrogens is 214 g/mol. The molecule has 0 bridgehead atoms. The number of hydrogen-bond donors (Lipinski definition) is 1. The fraction of sp³-hybridized carbons (Fsp3) is 1.00. The first-order valence-electron chi connectivity index (χ1n) is 5.32. The van der Waals surface area contributed by atoms with Gasteiger partial charge in [-0.1, -0.05) is 13.8 Å². The van der Waals surface area contributed by atoms with E-state index in [1.54, 1.807) is 0 Å². The normalized spacial score (nSPS) is 30.2. The summed E-state index contributed by atoms with van der Waals surface area (Å²) in [7, 11) is 0. The lowest BCUT2D eigenvalue weighted by atomic mass is 10.2. The number of thioether (sulfide) groups is 2. The largest absolute Gasteiger partial charge is 0.380 e. The highest BCUT2D eigenvalue weighted by Crippen LogP contribution is 2.32. The monoisotopic (exact) mass is 235 g/mol. The van der Waals surface area contributed by atoms with Crippen molar-refractivity contribution >= 4 is 23.5 Å². The SMILES string of the molecule is CCCOCC(N)C1SCCSC1C. The van der Waals surface area contributed by atoms with Gasteiger partial charge in [0.2, 0.25) is 0 Å². The van der Waals surface area contributed by atoms with E-state index in [2.05, 4.69) is 13.8 Å². The lowest BCUT2D eigenvalue weighted by Gasteiger charge is -2.32. The second kappa shape index (κ2) is 6.99. The minimum atomic E-state index is 0.203. The molecule has 1 aliphatic heterocycles. The van der Waals surface area contributed by atoms with Crippen molar-refractivity contribution in [1.82, 2.24) is 0 Å². The summed E-state index contributed by atoms with van der Waals surface area (Å²) in [6, 6.07) is 0.203. The fourth-order valence-electron chi connectivity index (χ4n) is 1.58. The van der Waals surface area contributed by atoms with Crippen LogP contribution in [0.3, 0.4) is 0 Å². The lowest BCUT2D eigenvalue weighted by molar-refractivity contribution is 0.120. The highest BCUT2D eigenvalue weighted by atomic mass is 32.2. The molecule has 1 heterocycles. The van der Waals surface area contributed by atoms with Gasteiger partial charge in [0.05, 0.1) is 6.61 Å². The average molecular weight is 235 g/mol. The van der Waals surface area contributed by atoms with E-state index in [9.17, 15) is 0 Å². The van der Waals surface area contributed by atoms with Crippen LogP contribution in [0.15, 0.2) is 0 Å². The molecule has 84 valence electrons. The third-order valence-corrected chi connectivity index (χ3v) is 5.59. The molecule has 0 spiro atoms. The maximum atomic E-state index is 6.12. The molecule has 1 fully saturated rings. The first kappa shape index (κ1) is 12.7. The summed E-state index contributed by atoms with van der Waals surface area (Å²) in [4.78, 5) is 0. The summed E-state index contributed by atoms with van der Waals surface area (Å²) in [6.07, 6.45) is 1.08. The van der Waals surface area contributed by atoms with E-state index in [0.717, 1.165) is 19.6 Å². The Morgan fingerprint density at radius 2 is 2.14 bits per heavy atom. The molecule has 0 radical (unpaired) electrons. The van der Waals surface area contributed by atoms with Gasteiger partial charge in [-0.2, -0.15) is 23.5 Å². The Morgan fingerprint density at radius 3 is 2.79 bits per heavy atom. The first-order valence-corrected chi connectivity index (χ1v) is 7.42. The van der Waals surface area contributed by atoms with Crippen LogP contribution in [-0.2, 0) is 4.74 Å². The molecule has 14 heavy (non-hydrogen) atoms. The second-order valence-corrected chi connectivity index (χ2v) is 6.42. The summed E-state index contributed by atoms with van der Waals surface area (Å²) in [6.45, 7) is 5.96. The summed E-state index contributed by atoms with van der Waals surface area (Å²) in [5, 5.41) is 1.25. The molecule has 0 aromatic rings. The Morgan fingerprint density at radius 1 is 1.43 bits per heavy atom. The summed E-state index contributed by atoms with van der Waals surface area (Å²) >= 11 is 4.05. The molecule has 2 nitrogen and oxygen atoms in total. The molecule has 1 rings (SSSR count). The molecule has 3 unspecified atom stereocenters. The molecule has 0 aliphatic carbocycles. The summed E-state index contributed by atoms with van der Waals surface area (Å²) in [5.74, 6) is 2.51. The van der Waals surface area contributed by atoms with E-state index in [4.69, 9.17) is 10.5 Å². The topological polar surface area (TPSA) is 35.2 Å². The third kappa shape index (κ3) is 4.01. The quantitative estimate of drug-likeness (QED) is 0.739. The van der Waals surface area contributed by atoms with Crippen LogP contribution in [0.4, 0.5) is 0 Å². The molecule has 1 saturated heterocycles. The van der Waals surface area contributed by atoms with Gasteiger partial charge in [0.1, 0.15) is 0 Å². The molecule has 0 aromatic heterocycles. The predicted octanol–water partition coefficient (Wildman–Crippen LogP) is 1.98. The zero-order valence-electron chi connectivity index (χ0n) is 9.07. The second-order valence-electron chi connectivity index (χ2n) is 3.65. The number of nitrogens with two attached hydrogens (primary N) is 1. The highest BCUT2D eigenvalue weighted by Gasteiger charge is 2.27. The van der Waals surface area contributed by atoms with Crippen LogP contribution in [0.25, 0.3) is 0 Å². The minimum absolute atomic E-state index is 0.203. The molecular formula is C10H21NOS2. The molecule has 2 N–H and O–H groups in total. The van der Waals surface area contributed by atoms with Gasteiger partial charge in [0.25, 0.3) is 0 Å². The third-order valence-electron chi connectivity index (χ3n) is 2.32. The van der Waals surface area contributed by atoms with Crippen molar-refractivity contribution in [2.24, 2.45) is 5.73 Å². The van der Waals surface area contributed by atoms with Crippen molar-refractivity contribution in [3.05, 3.63) is 0 Å². The van der Waals surface area contributed by atoms with E-state index >= 15 is 0 Å². The summed E-state index contributed by atoms with van der Waals surface area (Å²) < 4.78 is 5.50. The van der Waals surface area contributed by atoms with Crippen LogP contribution < -0.4 is 5.73 Å². The van der Waals surface area contributed by atoms with E-state index in [1.807, 2.05) is 23.5 Å². The Hall–Kier alpha value is 0.620. The molecule has 0 amide bonds. The van der Waals surface area contributed by atoms with Crippen molar-refractivity contribution in [3.8, 4) is 0 Å². The Balaban J connectivity index is 2.23. The van der Waals surface area contributed by atoms with Gasteiger partial charge >= 0.3 is 0 Å². The van der Waals surface area contributed by atoms with Crippen molar-refractivity contribution in [1.29, 1.82) is 0 Å². The predicted molar refractivity (Wildman–Crippen MR) is 67.3 cm³/mol. The molecule has 1 aliphatic rings. The maximum Gasteiger partial charge on any atom is 0.0628 e. The zero-order valence-corrected chi connectivity index (χ0v) is 10.7. The smallest absolute Gasteiger partial charge is 0.0628 e. The van der Waals surface area contributed by atoms with Gasteiger partial charge in [0, 0.05) is 34.7 Å². The molecule has 4 heteroatoms. The van der Waals surface area contributed by atoms with Crippen LogP contribution >= 0.6 is 23.5 Å². The van der Waals surface area contributed by atoms with Gasteiger partial charge in [-0.25, -0.2) is 0 Å². The van der Waals surface area contributed by atoms with Crippen LogP contribution in [0.5, 0.6) is 0 Å². The zero-order chi connectivity index (χ0) is 10.4. The van der Waals surface area contributed by atoms with E-state index in [0.29, 0.717) is 10.5 Å². The molecule has 0 saturated carbocycles. The van der Waals surface area contributed by atoms with Gasteiger partial charge in [0.15, 0.2) is 0 Å². The van der Waals surface area contributed by atoms with Crippen LogP contribution in [0, 0.1) is 0 Å². The van der Waals surface area contributed by atoms with E-state index in [-0.39, 0.29) is 6.04 Å². The number of hydrogen-bond acceptors (Lipinski definition) is 4. The number of ether oxygens (including phenoxy) is 1. The highest BCUT2D eigenvalue weighted by molar-refractivity contribution is 8.07. The van der Waals surface area contributed by atoms with Gasteiger partial charge < -0.3 is 10.5 Å².